The number of amides is 1. The third-order valence-electron chi connectivity index (χ3n) is 3.58. The summed E-state index contributed by atoms with van der Waals surface area (Å²) in [6, 6.07) is 11.1. The Labute approximate surface area is 155 Å². The number of ether oxygens (including phenoxy) is 1. The van der Waals surface area contributed by atoms with Gasteiger partial charge in [-0.2, -0.15) is 0 Å². The standard InChI is InChI=1S/C18H18ClN3O2S/c19-13-3-5-14(6-4-13)24-10-8-17(23)20-9-7-15-18(22-12-21-15)16-2-1-11-25-16/h1-6,11-12H,7-10H2,(H,20,23)(H,21,22). The summed E-state index contributed by atoms with van der Waals surface area (Å²) in [5, 5.41) is 5.59. The summed E-state index contributed by atoms with van der Waals surface area (Å²) in [5.74, 6) is 0.668. The molecular weight excluding hydrogens is 358 g/mol. The first kappa shape index (κ1) is 17.5. The zero-order chi connectivity index (χ0) is 17.5. The molecule has 0 saturated heterocycles. The molecule has 130 valence electrons. The van der Waals surface area contributed by atoms with Crippen LogP contribution in [0.2, 0.25) is 5.02 Å². The number of aromatic nitrogens is 2. The molecule has 0 aliphatic heterocycles. The maximum Gasteiger partial charge on any atom is 0.223 e. The normalized spacial score (nSPS) is 10.6. The zero-order valence-corrected chi connectivity index (χ0v) is 15.1. The number of aromatic amines is 1. The van der Waals surface area contributed by atoms with Crippen LogP contribution < -0.4 is 10.1 Å². The van der Waals surface area contributed by atoms with Crippen molar-refractivity contribution in [2.24, 2.45) is 0 Å². The van der Waals surface area contributed by atoms with Crippen LogP contribution in [0.15, 0.2) is 48.1 Å². The molecule has 1 amide bonds. The highest BCUT2D eigenvalue weighted by Crippen LogP contribution is 2.25. The quantitative estimate of drug-likeness (QED) is 0.627. The molecule has 0 atom stereocenters. The van der Waals surface area contributed by atoms with Crippen LogP contribution in [0.4, 0.5) is 0 Å². The number of thiophene rings is 1. The highest BCUT2D eigenvalue weighted by molar-refractivity contribution is 7.13. The molecule has 3 rings (SSSR count). The average molecular weight is 376 g/mol. The topological polar surface area (TPSA) is 67.0 Å². The number of benzene rings is 1. The lowest BCUT2D eigenvalue weighted by Gasteiger charge is -2.07. The van der Waals surface area contributed by atoms with Crippen molar-refractivity contribution in [1.29, 1.82) is 0 Å². The molecule has 0 aliphatic carbocycles. The van der Waals surface area contributed by atoms with Crippen LogP contribution in [0.1, 0.15) is 12.1 Å². The minimum absolute atomic E-state index is 0.0360. The molecule has 2 heterocycles. The minimum Gasteiger partial charge on any atom is -0.493 e. The Morgan fingerprint density at radius 3 is 2.88 bits per heavy atom. The van der Waals surface area contributed by atoms with Crippen LogP contribution in [-0.4, -0.2) is 29.0 Å². The fraction of sp³-hybridized carbons (Fsp3) is 0.222. The number of nitrogens with zero attached hydrogens (tertiary/aromatic N) is 1. The predicted molar refractivity (Wildman–Crippen MR) is 100 cm³/mol. The number of nitrogens with one attached hydrogen (secondary N) is 2. The number of hydrogen-bond donors (Lipinski definition) is 2. The molecule has 2 N–H and O–H groups in total. The molecule has 25 heavy (non-hydrogen) atoms. The third kappa shape index (κ3) is 5.08. The summed E-state index contributed by atoms with van der Waals surface area (Å²) >= 11 is 7.46. The van der Waals surface area contributed by atoms with E-state index in [0.29, 0.717) is 36.8 Å². The summed E-state index contributed by atoms with van der Waals surface area (Å²) in [5.41, 5.74) is 1.98. The van der Waals surface area contributed by atoms with Crippen LogP contribution in [0.5, 0.6) is 5.75 Å². The minimum atomic E-state index is -0.0360. The summed E-state index contributed by atoms with van der Waals surface area (Å²) in [7, 11) is 0. The van der Waals surface area contributed by atoms with Gasteiger partial charge in [0.05, 0.1) is 24.2 Å². The lowest BCUT2D eigenvalue weighted by molar-refractivity contribution is -0.121. The van der Waals surface area contributed by atoms with Crippen LogP contribution >= 0.6 is 22.9 Å². The van der Waals surface area contributed by atoms with Crippen LogP contribution in [-0.2, 0) is 11.2 Å². The van der Waals surface area contributed by atoms with Gasteiger partial charge in [0.15, 0.2) is 0 Å². The second-order valence-corrected chi connectivity index (χ2v) is 6.74. The van der Waals surface area contributed by atoms with Gasteiger partial charge in [0, 0.05) is 23.7 Å². The van der Waals surface area contributed by atoms with Gasteiger partial charge in [-0.05, 0) is 35.7 Å². The van der Waals surface area contributed by atoms with E-state index < -0.39 is 0 Å². The van der Waals surface area contributed by atoms with E-state index in [4.69, 9.17) is 16.3 Å². The number of hydrogen-bond acceptors (Lipinski definition) is 4. The Morgan fingerprint density at radius 1 is 1.28 bits per heavy atom. The number of rotatable bonds is 8. The van der Waals surface area contributed by atoms with E-state index in [0.717, 1.165) is 16.3 Å². The van der Waals surface area contributed by atoms with Crippen LogP contribution in [0, 0.1) is 0 Å². The molecule has 7 heteroatoms. The Bertz CT molecular complexity index is 800. The summed E-state index contributed by atoms with van der Waals surface area (Å²) in [6.45, 7) is 0.887. The maximum absolute atomic E-state index is 11.9. The summed E-state index contributed by atoms with van der Waals surface area (Å²) in [4.78, 5) is 20.5. The average Bonchev–Trinajstić information content (AvgIpc) is 3.27. The van der Waals surface area contributed by atoms with Crippen molar-refractivity contribution in [3.8, 4) is 16.3 Å². The van der Waals surface area contributed by atoms with Crippen LogP contribution in [0.25, 0.3) is 10.6 Å². The lowest BCUT2D eigenvalue weighted by Crippen LogP contribution is -2.27. The fourth-order valence-corrected chi connectivity index (χ4v) is 3.22. The summed E-state index contributed by atoms with van der Waals surface area (Å²) < 4.78 is 5.52. The SMILES string of the molecule is O=C(CCOc1ccc(Cl)cc1)NCCc1[nH]cnc1-c1cccs1. The van der Waals surface area contributed by atoms with Crippen molar-refractivity contribution in [1.82, 2.24) is 15.3 Å². The van der Waals surface area contributed by atoms with Crippen molar-refractivity contribution in [2.75, 3.05) is 13.2 Å². The van der Waals surface area contributed by atoms with Gasteiger partial charge in [-0.1, -0.05) is 17.7 Å². The smallest absolute Gasteiger partial charge is 0.223 e. The van der Waals surface area contributed by atoms with Gasteiger partial charge in [-0.3, -0.25) is 4.79 Å². The van der Waals surface area contributed by atoms with Gasteiger partial charge in [0.2, 0.25) is 5.91 Å². The molecule has 0 fully saturated rings. The molecule has 0 spiro atoms. The molecule has 1 aromatic carbocycles. The number of imidazole rings is 1. The Hall–Kier alpha value is -2.31. The number of halogens is 1. The largest absolute Gasteiger partial charge is 0.493 e. The zero-order valence-electron chi connectivity index (χ0n) is 13.5. The van der Waals surface area contributed by atoms with Gasteiger partial charge in [-0.25, -0.2) is 4.98 Å². The van der Waals surface area contributed by atoms with E-state index in [9.17, 15) is 4.79 Å². The van der Waals surface area contributed by atoms with E-state index >= 15 is 0 Å². The van der Waals surface area contributed by atoms with E-state index in [1.165, 1.54) is 0 Å². The van der Waals surface area contributed by atoms with Gasteiger partial charge < -0.3 is 15.0 Å². The highest BCUT2D eigenvalue weighted by Gasteiger charge is 2.09. The Morgan fingerprint density at radius 2 is 2.12 bits per heavy atom. The molecule has 0 saturated carbocycles. The van der Waals surface area contributed by atoms with E-state index in [1.807, 2.05) is 17.5 Å². The molecule has 0 unspecified atom stereocenters. The molecular formula is C18H18ClN3O2S. The van der Waals surface area contributed by atoms with E-state index in [1.54, 1.807) is 41.9 Å². The van der Waals surface area contributed by atoms with Crippen molar-refractivity contribution in [3.05, 3.63) is 58.8 Å². The maximum atomic E-state index is 11.9. The highest BCUT2D eigenvalue weighted by atomic mass is 35.5. The number of carbonyl (C=O) groups is 1. The second-order valence-electron chi connectivity index (χ2n) is 5.36. The van der Waals surface area contributed by atoms with Gasteiger partial charge >= 0.3 is 0 Å². The predicted octanol–water partition coefficient (Wildman–Crippen LogP) is 3.92. The van der Waals surface area contributed by atoms with E-state index in [2.05, 4.69) is 15.3 Å². The lowest BCUT2D eigenvalue weighted by atomic mass is 10.2. The van der Waals surface area contributed by atoms with Gasteiger partial charge in [0.25, 0.3) is 0 Å². The molecule has 0 radical (unpaired) electrons. The molecule has 3 aromatic rings. The molecule has 2 aromatic heterocycles. The van der Waals surface area contributed by atoms with Gasteiger partial charge in [0.1, 0.15) is 11.4 Å². The van der Waals surface area contributed by atoms with Crippen LogP contribution in [0.3, 0.4) is 0 Å². The first-order valence-electron chi connectivity index (χ1n) is 7.93. The molecule has 5 nitrogen and oxygen atoms in total. The Kier molecular flexibility index (Phi) is 6.09. The van der Waals surface area contributed by atoms with Crippen molar-refractivity contribution in [3.63, 3.8) is 0 Å². The van der Waals surface area contributed by atoms with E-state index in [-0.39, 0.29) is 5.91 Å². The van der Waals surface area contributed by atoms with Crippen molar-refractivity contribution >= 4 is 28.8 Å². The molecule has 0 bridgehead atoms. The van der Waals surface area contributed by atoms with Crippen molar-refractivity contribution < 1.29 is 9.53 Å². The number of H-pyrrole nitrogens is 1. The summed E-state index contributed by atoms with van der Waals surface area (Å²) in [6.07, 6.45) is 2.70. The molecule has 0 aliphatic rings. The first-order valence-corrected chi connectivity index (χ1v) is 9.19. The Balaban J connectivity index is 1.38. The number of carbonyl (C=O) groups excluding carboxylic acids is 1. The fourth-order valence-electron chi connectivity index (χ4n) is 2.34. The third-order valence-corrected chi connectivity index (χ3v) is 4.71. The monoisotopic (exact) mass is 375 g/mol. The van der Waals surface area contributed by atoms with Crippen molar-refractivity contribution in [2.45, 2.75) is 12.8 Å². The second kappa shape index (κ2) is 8.69. The van der Waals surface area contributed by atoms with Gasteiger partial charge in [-0.15, -0.1) is 11.3 Å². The first-order chi connectivity index (χ1) is 12.2.